The molecule has 7 heteroatoms. The highest BCUT2D eigenvalue weighted by molar-refractivity contribution is 5.71. The first kappa shape index (κ1) is 13.9. The molecule has 1 unspecified atom stereocenters. The Morgan fingerprint density at radius 1 is 1.67 bits per heavy atom. The molecule has 0 aliphatic carbocycles. The molecule has 0 bridgehead atoms. The lowest BCUT2D eigenvalue weighted by atomic mass is 10.0. The lowest BCUT2D eigenvalue weighted by molar-refractivity contribution is -0.384. The number of nitrogens with zero attached hydrogens (tertiary/aromatic N) is 2. The molecular formula is C11H15N3O4. The Labute approximate surface area is 104 Å². The number of aromatic nitrogens is 1. The van der Waals surface area contributed by atoms with Crippen LogP contribution in [0.5, 0.6) is 0 Å². The third-order valence-corrected chi connectivity index (χ3v) is 2.52. The zero-order valence-corrected chi connectivity index (χ0v) is 10.00. The van der Waals surface area contributed by atoms with Crippen LogP contribution in [0.15, 0.2) is 18.5 Å². The number of carbonyl (C=O) groups is 1. The first-order valence-electron chi connectivity index (χ1n) is 5.61. The number of aliphatic carboxylic acids is 1. The molecular weight excluding hydrogens is 238 g/mol. The molecule has 0 fully saturated rings. The molecule has 0 aromatic carbocycles. The zero-order chi connectivity index (χ0) is 13.5. The van der Waals surface area contributed by atoms with Gasteiger partial charge in [-0.15, -0.1) is 0 Å². The quantitative estimate of drug-likeness (QED) is 0.568. The molecule has 1 rings (SSSR count). The fraction of sp³-hybridized carbons (Fsp3) is 0.455. The van der Waals surface area contributed by atoms with Crippen LogP contribution in [-0.4, -0.2) is 27.5 Å². The van der Waals surface area contributed by atoms with E-state index in [0.717, 1.165) is 12.6 Å². The van der Waals surface area contributed by atoms with Gasteiger partial charge in [-0.05, 0) is 12.5 Å². The number of nitrogens with one attached hydrogen (secondary N) is 1. The number of rotatable bonds is 7. The van der Waals surface area contributed by atoms with Crippen LogP contribution in [-0.2, 0) is 4.79 Å². The van der Waals surface area contributed by atoms with Gasteiger partial charge in [-0.2, -0.15) is 0 Å². The van der Waals surface area contributed by atoms with Crippen LogP contribution in [0.3, 0.4) is 0 Å². The Balaban J connectivity index is 2.73. The molecule has 0 saturated carbocycles. The fourth-order valence-electron chi connectivity index (χ4n) is 1.58. The van der Waals surface area contributed by atoms with Crippen LogP contribution < -0.4 is 5.32 Å². The average molecular weight is 253 g/mol. The van der Waals surface area contributed by atoms with E-state index in [0.29, 0.717) is 6.42 Å². The van der Waals surface area contributed by atoms with Gasteiger partial charge in [0.2, 0.25) is 0 Å². The summed E-state index contributed by atoms with van der Waals surface area (Å²) in [6.07, 6.45) is 3.83. The summed E-state index contributed by atoms with van der Waals surface area (Å²) in [5, 5.41) is 22.5. The average Bonchev–Trinajstić information content (AvgIpc) is 2.34. The summed E-state index contributed by atoms with van der Waals surface area (Å²) in [7, 11) is 0. The Hall–Kier alpha value is -2.18. The maximum Gasteiger partial charge on any atom is 0.310 e. The Kier molecular flexibility index (Phi) is 5.04. The van der Waals surface area contributed by atoms with Crippen molar-refractivity contribution in [1.29, 1.82) is 0 Å². The van der Waals surface area contributed by atoms with Crippen LogP contribution >= 0.6 is 0 Å². The van der Waals surface area contributed by atoms with Gasteiger partial charge in [0.05, 0.1) is 10.8 Å². The van der Waals surface area contributed by atoms with Gasteiger partial charge in [-0.3, -0.25) is 19.9 Å². The highest BCUT2D eigenvalue weighted by atomic mass is 16.6. The minimum atomic E-state index is -0.902. The molecule has 1 aromatic heterocycles. The molecule has 1 aromatic rings. The van der Waals surface area contributed by atoms with E-state index in [-0.39, 0.29) is 17.9 Å². The molecule has 18 heavy (non-hydrogen) atoms. The number of carboxylic acids is 1. The highest BCUT2D eigenvalue weighted by Crippen LogP contribution is 2.22. The lowest BCUT2D eigenvalue weighted by Gasteiger charge is -2.13. The monoisotopic (exact) mass is 253 g/mol. The Morgan fingerprint density at radius 3 is 2.94 bits per heavy atom. The van der Waals surface area contributed by atoms with Crippen LogP contribution in [0.2, 0.25) is 0 Å². The van der Waals surface area contributed by atoms with Gasteiger partial charge in [-0.1, -0.05) is 13.3 Å². The number of hydrogen-bond donors (Lipinski definition) is 2. The van der Waals surface area contributed by atoms with Crippen LogP contribution in [0.1, 0.15) is 19.8 Å². The standard InChI is InChI=1S/C11H15N3O4/c1-2-3-8(11(15)16)6-13-9-4-5-12-7-10(9)14(17)18/h4-5,7-8H,2-3,6H2,1H3,(H,12,13)(H,15,16). The first-order valence-corrected chi connectivity index (χ1v) is 5.61. The summed E-state index contributed by atoms with van der Waals surface area (Å²) >= 11 is 0. The summed E-state index contributed by atoms with van der Waals surface area (Å²) in [5.41, 5.74) is 0.135. The molecule has 1 heterocycles. The van der Waals surface area contributed by atoms with Gasteiger partial charge in [-0.25, -0.2) is 0 Å². The van der Waals surface area contributed by atoms with Gasteiger partial charge >= 0.3 is 11.7 Å². The van der Waals surface area contributed by atoms with Crippen molar-refractivity contribution in [3.05, 3.63) is 28.6 Å². The maximum atomic E-state index is 10.9. The van der Waals surface area contributed by atoms with Crippen molar-refractivity contribution < 1.29 is 14.8 Å². The molecule has 7 nitrogen and oxygen atoms in total. The van der Waals surface area contributed by atoms with Crippen molar-refractivity contribution in [3.8, 4) is 0 Å². The van der Waals surface area contributed by atoms with E-state index in [1.165, 1.54) is 12.3 Å². The number of hydrogen-bond acceptors (Lipinski definition) is 5. The maximum absolute atomic E-state index is 10.9. The van der Waals surface area contributed by atoms with Crippen molar-refractivity contribution in [2.24, 2.45) is 5.92 Å². The highest BCUT2D eigenvalue weighted by Gasteiger charge is 2.18. The van der Waals surface area contributed by atoms with E-state index in [1.807, 2.05) is 6.92 Å². The van der Waals surface area contributed by atoms with Crippen LogP contribution in [0.4, 0.5) is 11.4 Å². The third kappa shape index (κ3) is 3.69. The summed E-state index contributed by atoms with van der Waals surface area (Å²) in [6, 6.07) is 1.46. The van der Waals surface area contributed by atoms with Gasteiger partial charge in [0.15, 0.2) is 0 Å². The number of anilines is 1. The second-order valence-electron chi connectivity index (χ2n) is 3.85. The van der Waals surface area contributed by atoms with E-state index in [1.54, 1.807) is 0 Å². The summed E-state index contributed by atoms with van der Waals surface area (Å²) in [6.45, 7) is 2.05. The second-order valence-corrected chi connectivity index (χ2v) is 3.85. The summed E-state index contributed by atoms with van der Waals surface area (Å²) < 4.78 is 0. The topological polar surface area (TPSA) is 105 Å². The van der Waals surface area contributed by atoms with Gasteiger partial charge in [0, 0.05) is 12.7 Å². The van der Waals surface area contributed by atoms with E-state index in [9.17, 15) is 14.9 Å². The smallest absolute Gasteiger partial charge is 0.310 e. The Bertz CT molecular complexity index is 436. The first-order chi connectivity index (χ1) is 8.56. The second kappa shape index (κ2) is 6.53. The van der Waals surface area contributed by atoms with Crippen molar-refractivity contribution in [3.63, 3.8) is 0 Å². The number of carboxylic acid groups (broad SMARTS) is 1. The van der Waals surface area contributed by atoms with Crippen molar-refractivity contribution in [1.82, 2.24) is 4.98 Å². The van der Waals surface area contributed by atoms with Crippen molar-refractivity contribution in [2.45, 2.75) is 19.8 Å². The zero-order valence-electron chi connectivity index (χ0n) is 10.00. The van der Waals surface area contributed by atoms with Crippen molar-refractivity contribution >= 4 is 17.3 Å². The Morgan fingerprint density at radius 2 is 2.39 bits per heavy atom. The largest absolute Gasteiger partial charge is 0.481 e. The predicted octanol–water partition coefficient (Wildman–Crippen LogP) is 1.90. The molecule has 0 aliphatic heterocycles. The minimum absolute atomic E-state index is 0.155. The molecule has 2 N–H and O–H groups in total. The van der Waals surface area contributed by atoms with Crippen LogP contribution in [0.25, 0.3) is 0 Å². The predicted molar refractivity (Wildman–Crippen MR) is 65.4 cm³/mol. The van der Waals surface area contributed by atoms with E-state index < -0.39 is 16.8 Å². The molecule has 0 amide bonds. The van der Waals surface area contributed by atoms with Gasteiger partial charge in [0.1, 0.15) is 11.9 Å². The lowest BCUT2D eigenvalue weighted by Crippen LogP contribution is -2.23. The van der Waals surface area contributed by atoms with E-state index in [2.05, 4.69) is 10.3 Å². The minimum Gasteiger partial charge on any atom is -0.481 e. The summed E-state index contributed by atoms with van der Waals surface area (Å²) in [4.78, 5) is 24.8. The number of pyridine rings is 1. The molecule has 1 atom stereocenters. The fourth-order valence-corrected chi connectivity index (χ4v) is 1.58. The molecule has 0 saturated heterocycles. The molecule has 98 valence electrons. The van der Waals surface area contributed by atoms with E-state index >= 15 is 0 Å². The normalized spacial score (nSPS) is 11.8. The van der Waals surface area contributed by atoms with Gasteiger partial charge < -0.3 is 10.4 Å². The molecule has 0 aliphatic rings. The molecule has 0 radical (unpaired) electrons. The van der Waals surface area contributed by atoms with E-state index in [4.69, 9.17) is 5.11 Å². The summed E-state index contributed by atoms with van der Waals surface area (Å²) in [5.74, 6) is -1.45. The SMILES string of the molecule is CCCC(CNc1ccncc1[N+](=O)[O-])C(=O)O. The van der Waals surface area contributed by atoms with Crippen molar-refractivity contribution in [2.75, 3.05) is 11.9 Å². The third-order valence-electron chi connectivity index (χ3n) is 2.52. The number of nitro groups is 1. The molecule has 0 spiro atoms. The van der Waals surface area contributed by atoms with Gasteiger partial charge in [0.25, 0.3) is 0 Å². The van der Waals surface area contributed by atoms with Crippen LogP contribution in [0, 0.1) is 16.0 Å².